The second-order valence-electron chi connectivity index (χ2n) is 7.01. The molecule has 2 rings (SSSR count). The van der Waals surface area contributed by atoms with Gasteiger partial charge in [-0.15, -0.1) is 0 Å². The van der Waals surface area contributed by atoms with Crippen LogP contribution < -0.4 is 5.32 Å². The van der Waals surface area contributed by atoms with E-state index in [-0.39, 0.29) is 11.6 Å². The van der Waals surface area contributed by atoms with Crippen LogP contribution in [-0.4, -0.2) is 19.8 Å². The molecule has 2 heteroatoms. The van der Waals surface area contributed by atoms with E-state index in [0.29, 0.717) is 5.92 Å². The van der Waals surface area contributed by atoms with Gasteiger partial charge in [-0.05, 0) is 42.9 Å². The van der Waals surface area contributed by atoms with E-state index in [4.69, 9.17) is 4.74 Å². The van der Waals surface area contributed by atoms with Crippen LogP contribution in [0, 0.1) is 5.92 Å². The minimum atomic E-state index is -0.0637. The molecular formula is C19H31NO. The van der Waals surface area contributed by atoms with Gasteiger partial charge in [-0.25, -0.2) is 0 Å². The van der Waals surface area contributed by atoms with Crippen molar-refractivity contribution in [3.63, 3.8) is 0 Å². The van der Waals surface area contributed by atoms with Crippen LogP contribution in [0.25, 0.3) is 0 Å². The summed E-state index contributed by atoms with van der Waals surface area (Å²) in [5.74, 6) is 1.32. The maximum atomic E-state index is 6.07. The number of benzene rings is 1. The van der Waals surface area contributed by atoms with E-state index in [2.05, 4.69) is 57.4 Å². The van der Waals surface area contributed by atoms with E-state index in [1.54, 1.807) is 0 Å². The van der Waals surface area contributed by atoms with Gasteiger partial charge in [-0.3, -0.25) is 0 Å². The molecule has 21 heavy (non-hydrogen) atoms. The van der Waals surface area contributed by atoms with E-state index in [0.717, 1.165) is 18.8 Å². The molecule has 1 aliphatic rings. The number of nitrogens with one attached hydrogen (secondary N) is 1. The highest BCUT2D eigenvalue weighted by molar-refractivity contribution is 5.29. The van der Waals surface area contributed by atoms with Crippen molar-refractivity contribution in [2.45, 2.75) is 64.0 Å². The summed E-state index contributed by atoms with van der Waals surface area (Å²) in [7, 11) is 3.94. The summed E-state index contributed by atoms with van der Waals surface area (Å²) in [6, 6.07) is 9.35. The van der Waals surface area contributed by atoms with Crippen molar-refractivity contribution in [3.05, 3.63) is 35.4 Å². The number of likely N-dealkylation sites (N-methyl/N-ethyl adjacent to an activating group) is 1. The van der Waals surface area contributed by atoms with E-state index in [1.807, 2.05) is 7.11 Å². The molecule has 0 radical (unpaired) electrons. The van der Waals surface area contributed by atoms with Crippen LogP contribution in [0.5, 0.6) is 0 Å². The first-order chi connectivity index (χ1) is 10.0. The van der Waals surface area contributed by atoms with Crippen LogP contribution in [0.2, 0.25) is 0 Å². The smallest absolute Gasteiger partial charge is 0.0874 e. The molecule has 1 fully saturated rings. The SMILES string of the molecule is CNC(c1ccc(C(C)C)cc1)C1(OC)CCCC(C)C1. The standard InChI is InChI=1S/C19H31NO/c1-14(2)16-8-10-17(11-9-16)18(20-4)19(21-5)12-6-7-15(3)13-19/h8-11,14-15,18,20H,6-7,12-13H2,1-5H3. The first-order valence-corrected chi connectivity index (χ1v) is 8.34. The van der Waals surface area contributed by atoms with Crippen molar-refractivity contribution in [2.24, 2.45) is 5.92 Å². The fraction of sp³-hybridized carbons (Fsp3) is 0.684. The fourth-order valence-electron chi connectivity index (χ4n) is 3.92. The van der Waals surface area contributed by atoms with Crippen molar-refractivity contribution in [2.75, 3.05) is 14.2 Å². The van der Waals surface area contributed by atoms with Gasteiger partial charge in [-0.1, -0.05) is 57.9 Å². The van der Waals surface area contributed by atoms with Crippen molar-refractivity contribution >= 4 is 0 Å². The monoisotopic (exact) mass is 289 g/mol. The van der Waals surface area contributed by atoms with Crippen molar-refractivity contribution in [1.29, 1.82) is 0 Å². The summed E-state index contributed by atoms with van der Waals surface area (Å²) in [6.45, 7) is 6.83. The Morgan fingerprint density at radius 1 is 1.19 bits per heavy atom. The van der Waals surface area contributed by atoms with Gasteiger partial charge in [0.1, 0.15) is 0 Å². The Bertz CT molecular complexity index is 439. The molecule has 1 N–H and O–H groups in total. The van der Waals surface area contributed by atoms with Crippen LogP contribution >= 0.6 is 0 Å². The van der Waals surface area contributed by atoms with Crippen molar-refractivity contribution in [3.8, 4) is 0 Å². The number of rotatable bonds is 5. The highest BCUT2D eigenvalue weighted by atomic mass is 16.5. The molecule has 3 atom stereocenters. The maximum absolute atomic E-state index is 6.07. The Balaban J connectivity index is 2.28. The minimum absolute atomic E-state index is 0.0637. The Morgan fingerprint density at radius 2 is 1.81 bits per heavy atom. The lowest BCUT2D eigenvalue weighted by Gasteiger charge is -2.44. The summed E-state index contributed by atoms with van der Waals surface area (Å²) in [5.41, 5.74) is 2.68. The van der Waals surface area contributed by atoms with Crippen LogP contribution in [0.3, 0.4) is 0 Å². The third-order valence-corrected chi connectivity index (χ3v) is 5.15. The lowest BCUT2D eigenvalue weighted by atomic mass is 9.72. The lowest BCUT2D eigenvalue weighted by Crippen LogP contribution is -2.47. The maximum Gasteiger partial charge on any atom is 0.0874 e. The van der Waals surface area contributed by atoms with Gasteiger partial charge in [0.05, 0.1) is 11.6 Å². The molecular weight excluding hydrogens is 258 g/mol. The molecule has 0 aliphatic heterocycles. The molecule has 2 nitrogen and oxygen atoms in total. The Morgan fingerprint density at radius 3 is 2.29 bits per heavy atom. The average molecular weight is 289 g/mol. The van der Waals surface area contributed by atoms with Crippen LogP contribution in [0.15, 0.2) is 24.3 Å². The molecule has 1 saturated carbocycles. The summed E-state index contributed by atoms with van der Waals surface area (Å²) in [6.07, 6.45) is 4.87. The molecule has 1 aromatic rings. The summed E-state index contributed by atoms with van der Waals surface area (Å²) >= 11 is 0. The minimum Gasteiger partial charge on any atom is -0.376 e. The highest BCUT2D eigenvalue weighted by Crippen LogP contribution is 2.43. The van der Waals surface area contributed by atoms with Gasteiger partial charge >= 0.3 is 0 Å². The molecule has 118 valence electrons. The largest absolute Gasteiger partial charge is 0.376 e. The number of ether oxygens (including phenoxy) is 1. The van der Waals surface area contributed by atoms with Crippen LogP contribution in [-0.2, 0) is 4.74 Å². The van der Waals surface area contributed by atoms with E-state index in [1.165, 1.54) is 24.0 Å². The normalized spacial score (nSPS) is 27.8. The summed E-state index contributed by atoms with van der Waals surface area (Å²) in [5, 5.41) is 3.52. The van der Waals surface area contributed by atoms with Gasteiger partial charge in [0, 0.05) is 7.11 Å². The van der Waals surface area contributed by atoms with Gasteiger partial charge in [0.2, 0.25) is 0 Å². The van der Waals surface area contributed by atoms with Gasteiger partial charge in [-0.2, -0.15) is 0 Å². The molecule has 1 aromatic carbocycles. The third-order valence-electron chi connectivity index (χ3n) is 5.15. The predicted octanol–water partition coefficient (Wildman–Crippen LogP) is 4.67. The van der Waals surface area contributed by atoms with Crippen molar-refractivity contribution < 1.29 is 4.74 Å². The molecule has 0 amide bonds. The second-order valence-corrected chi connectivity index (χ2v) is 7.01. The molecule has 0 bridgehead atoms. The molecule has 0 saturated heterocycles. The van der Waals surface area contributed by atoms with Crippen molar-refractivity contribution in [1.82, 2.24) is 5.32 Å². The van der Waals surface area contributed by atoms with E-state index >= 15 is 0 Å². The number of hydrogen-bond donors (Lipinski definition) is 1. The highest BCUT2D eigenvalue weighted by Gasteiger charge is 2.42. The van der Waals surface area contributed by atoms with Gasteiger partial charge in [0.15, 0.2) is 0 Å². The van der Waals surface area contributed by atoms with E-state index < -0.39 is 0 Å². The fourth-order valence-corrected chi connectivity index (χ4v) is 3.92. The third kappa shape index (κ3) is 3.49. The van der Waals surface area contributed by atoms with Crippen LogP contribution in [0.4, 0.5) is 0 Å². The number of hydrogen-bond acceptors (Lipinski definition) is 2. The second kappa shape index (κ2) is 6.93. The molecule has 0 aromatic heterocycles. The topological polar surface area (TPSA) is 21.3 Å². The van der Waals surface area contributed by atoms with Gasteiger partial charge < -0.3 is 10.1 Å². The van der Waals surface area contributed by atoms with E-state index in [9.17, 15) is 0 Å². The summed E-state index contributed by atoms with van der Waals surface area (Å²) < 4.78 is 6.07. The Hall–Kier alpha value is -0.860. The zero-order chi connectivity index (χ0) is 15.5. The quantitative estimate of drug-likeness (QED) is 0.851. The Labute approximate surface area is 130 Å². The molecule has 3 unspecified atom stereocenters. The molecule has 1 aliphatic carbocycles. The molecule has 0 spiro atoms. The first-order valence-electron chi connectivity index (χ1n) is 8.34. The molecule has 0 heterocycles. The summed E-state index contributed by atoms with van der Waals surface area (Å²) in [4.78, 5) is 0. The zero-order valence-corrected chi connectivity index (χ0v) is 14.3. The Kier molecular flexibility index (Phi) is 5.45. The van der Waals surface area contributed by atoms with Crippen LogP contribution in [0.1, 0.15) is 69.5 Å². The predicted molar refractivity (Wildman–Crippen MR) is 89.7 cm³/mol. The number of methoxy groups -OCH3 is 1. The average Bonchev–Trinajstić information content (AvgIpc) is 2.48. The van der Waals surface area contributed by atoms with Gasteiger partial charge in [0.25, 0.3) is 0 Å². The first kappa shape index (κ1) is 16.5. The zero-order valence-electron chi connectivity index (χ0n) is 14.3. The lowest BCUT2D eigenvalue weighted by molar-refractivity contribution is -0.0790.